The molecule has 3 heterocycles. The summed E-state index contributed by atoms with van der Waals surface area (Å²) in [6.07, 6.45) is 3.74. The molecule has 0 spiro atoms. The molecule has 1 fully saturated rings. The van der Waals surface area contributed by atoms with E-state index in [-0.39, 0.29) is 23.2 Å². The van der Waals surface area contributed by atoms with Gasteiger partial charge in [0.15, 0.2) is 0 Å². The van der Waals surface area contributed by atoms with E-state index in [1.807, 2.05) is 54.6 Å². The molecule has 1 atom stereocenters. The summed E-state index contributed by atoms with van der Waals surface area (Å²) in [7, 11) is 0. The van der Waals surface area contributed by atoms with E-state index in [4.69, 9.17) is 16.0 Å². The number of benzene rings is 2. The molecule has 1 N–H and O–H groups in total. The number of halogens is 1. The fourth-order valence-corrected chi connectivity index (χ4v) is 4.30. The molecule has 0 unspecified atom stereocenters. The van der Waals surface area contributed by atoms with Crippen LogP contribution in [0.1, 0.15) is 46.6 Å². The number of hydrogen-bond donors (Lipinski definition) is 1. The van der Waals surface area contributed by atoms with Gasteiger partial charge in [0, 0.05) is 29.6 Å². The molecule has 2 aromatic carbocycles. The van der Waals surface area contributed by atoms with E-state index in [2.05, 4.69) is 15.0 Å². The van der Waals surface area contributed by atoms with Crippen molar-refractivity contribution in [1.29, 1.82) is 0 Å². The zero-order valence-electron chi connectivity index (χ0n) is 17.7. The Morgan fingerprint density at radius 2 is 1.94 bits per heavy atom. The van der Waals surface area contributed by atoms with Gasteiger partial charge in [-0.3, -0.25) is 9.59 Å². The van der Waals surface area contributed by atoms with E-state index >= 15 is 0 Å². The first-order valence-electron chi connectivity index (χ1n) is 10.7. The first-order chi connectivity index (χ1) is 16.1. The minimum absolute atomic E-state index is 0.104. The second kappa shape index (κ2) is 9.03. The highest BCUT2D eigenvalue weighted by Crippen LogP contribution is 2.33. The van der Waals surface area contributed by atoms with Crippen LogP contribution < -0.4 is 5.56 Å². The predicted octanol–water partition coefficient (Wildman–Crippen LogP) is 4.65. The number of hydrogen-bond acceptors (Lipinski definition) is 5. The molecule has 1 aliphatic heterocycles. The number of rotatable bonds is 5. The van der Waals surface area contributed by atoms with E-state index in [9.17, 15) is 9.59 Å². The average Bonchev–Trinajstić information content (AvgIpc) is 3.50. The lowest BCUT2D eigenvalue weighted by atomic mass is 10.1. The van der Waals surface area contributed by atoms with Gasteiger partial charge in [0.1, 0.15) is 23.3 Å². The van der Waals surface area contributed by atoms with Gasteiger partial charge in [-0.2, -0.15) is 0 Å². The number of nitrogens with one attached hydrogen (secondary N) is 1. The number of oxazole rings is 1. The van der Waals surface area contributed by atoms with Crippen molar-refractivity contribution in [1.82, 2.24) is 19.9 Å². The normalized spacial score (nSPS) is 15.7. The second-order valence-corrected chi connectivity index (χ2v) is 8.34. The molecule has 0 bridgehead atoms. The van der Waals surface area contributed by atoms with Crippen LogP contribution in [0.4, 0.5) is 0 Å². The number of likely N-dealkylation sites (tertiary alicyclic amines) is 1. The Morgan fingerprint density at radius 1 is 1.15 bits per heavy atom. The Balaban J connectivity index is 1.39. The molecular weight excluding hydrogens is 440 g/mol. The van der Waals surface area contributed by atoms with Gasteiger partial charge in [-0.05, 0) is 24.5 Å². The highest BCUT2D eigenvalue weighted by molar-refractivity contribution is 6.31. The number of amides is 1. The van der Waals surface area contributed by atoms with E-state index in [0.29, 0.717) is 35.5 Å². The summed E-state index contributed by atoms with van der Waals surface area (Å²) in [6, 6.07) is 17.8. The van der Waals surface area contributed by atoms with Crippen LogP contribution in [0.5, 0.6) is 0 Å². The molecule has 2 aromatic heterocycles. The number of aromatic amines is 1. The Hall–Kier alpha value is -3.71. The number of carbonyl (C=O) groups is 1. The van der Waals surface area contributed by atoms with Gasteiger partial charge in [-0.25, -0.2) is 9.97 Å². The maximum Gasteiger partial charge on any atom is 0.273 e. The third kappa shape index (κ3) is 4.45. The number of nitrogens with zero attached hydrogens (tertiary/aromatic N) is 3. The molecule has 0 saturated carbocycles. The highest BCUT2D eigenvalue weighted by atomic mass is 35.5. The zero-order chi connectivity index (χ0) is 22.8. The fraction of sp³-hybridized carbons (Fsp3) is 0.200. The standard InChI is InChI=1S/C25H21ClN4O3/c26-19-10-5-4-9-17(19)13-18-15-27-24(33-18)21-11-6-12-30(21)25(32)20-14-22(31)29-23(28-20)16-7-2-1-3-8-16/h1-5,7-10,14-15,21H,6,11-13H2,(H,28,29,31)/t21-/m1/s1. The largest absolute Gasteiger partial charge is 0.443 e. The van der Waals surface area contributed by atoms with E-state index in [1.165, 1.54) is 6.07 Å². The molecule has 0 radical (unpaired) electrons. The van der Waals surface area contributed by atoms with Gasteiger partial charge in [0.25, 0.3) is 11.5 Å². The third-order valence-corrected chi connectivity index (χ3v) is 6.07. The molecule has 33 heavy (non-hydrogen) atoms. The molecule has 8 heteroatoms. The van der Waals surface area contributed by atoms with Gasteiger partial charge < -0.3 is 14.3 Å². The number of carbonyl (C=O) groups excluding carboxylic acids is 1. The maximum atomic E-state index is 13.3. The first kappa shape index (κ1) is 21.2. The van der Waals surface area contributed by atoms with Gasteiger partial charge in [-0.15, -0.1) is 0 Å². The lowest BCUT2D eigenvalue weighted by Gasteiger charge is -2.22. The third-order valence-electron chi connectivity index (χ3n) is 5.70. The highest BCUT2D eigenvalue weighted by Gasteiger charge is 2.34. The maximum absolute atomic E-state index is 13.3. The van der Waals surface area contributed by atoms with E-state index in [0.717, 1.165) is 24.0 Å². The van der Waals surface area contributed by atoms with E-state index < -0.39 is 0 Å². The molecule has 166 valence electrons. The SMILES string of the molecule is O=C(c1cc(=O)[nH]c(-c2ccccc2)n1)N1CCC[C@@H]1c1ncc(Cc2ccccc2Cl)o1. The lowest BCUT2D eigenvalue weighted by molar-refractivity contribution is 0.0708. The smallest absolute Gasteiger partial charge is 0.273 e. The molecule has 1 saturated heterocycles. The summed E-state index contributed by atoms with van der Waals surface area (Å²) in [5, 5.41) is 0.669. The number of H-pyrrole nitrogens is 1. The summed E-state index contributed by atoms with van der Waals surface area (Å²) < 4.78 is 6.01. The Kier molecular flexibility index (Phi) is 5.79. The van der Waals surface area contributed by atoms with Crippen LogP contribution in [0.3, 0.4) is 0 Å². The van der Waals surface area contributed by atoms with Crippen molar-refractivity contribution in [2.45, 2.75) is 25.3 Å². The first-order valence-corrected chi connectivity index (χ1v) is 11.1. The van der Waals surface area contributed by atoms with Gasteiger partial charge >= 0.3 is 0 Å². The van der Waals surface area contributed by atoms with Gasteiger partial charge in [0.05, 0.1) is 6.20 Å². The van der Waals surface area contributed by atoms with Crippen molar-refractivity contribution in [3.63, 3.8) is 0 Å². The Bertz CT molecular complexity index is 1350. The van der Waals surface area contributed by atoms with Crippen LogP contribution in [0.25, 0.3) is 11.4 Å². The molecule has 1 aliphatic rings. The van der Waals surface area contributed by atoms with E-state index in [1.54, 1.807) is 11.1 Å². The Morgan fingerprint density at radius 3 is 2.76 bits per heavy atom. The van der Waals surface area contributed by atoms with Crippen LogP contribution in [-0.4, -0.2) is 32.3 Å². The van der Waals surface area contributed by atoms with Crippen molar-refractivity contribution in [3.05, 3.63) is 105 Å². The van der Waals surface area contributed by atoms with Crippen LogP contribution in [0, 0.1) is 0 Å². The van der Waals surface area contributed by atoms with Crippen molar-refractivity contribution >= 4 is 17.5 Å². The molecule has 1 amide bonds. The molecule has 4 aromatic rings. The van der Waals surface area contributed by atoms with Crippen molar-refractivity contribution in [3.8, 4) is 11.4 Å². The van der Waals surface area contributed by atoms with Crippen molar-refractivity contribution in [2.24, 2.45) is 0 Å². The second-order valence-electron chi connectivity index (χ2n) is 7.93. The van der Waals surface area contributed by atoms with Crippen molar-refractivity contribution in [2.75, 3.05) is 6.54 Å². The van der Waals surface area contributed by atoms with Gasteiger partial charge in [-0.1, -0.05) is 60.1 Å². The fourth-order valence-electron chi connectivity index (χ4n) is 4.10. The quantitative estimate of drug-likeness (QED) is 0.468. The topological polar surface area (TPSA) is 92.1 Å². The Labute approximate surface area is 195 Å². The van der Waals surface area contributed by atoms with Crippen LogP contribution in [-0.2, 0) is 6.42 Å². The summed E-state index contributed by atoms with van der Waals surface area (Å²) in [5.41, 5.74) is 1.41. The van der Waals surface area contributed by atoms with Crippen LogP contribution in [0.15, 0.2) is 76.1 Å². The summed E-state index contributed by atoms with van der Waals surface area (Å²) >= 11 is 6.26. The number of aromatic nitrogens is 3. The average molecular weight is 461 g/mol. The minimum atomic E-state index is -0.374. The molecule has 7 nitrogen and oxygen atoms in total. The monoisotopic (exact) mass is 460 g/mol. The zero-order valence-corrected chi connectivity index (χ0v) is 18.5. The molecular formula is C25H21ClN4O3. The lowest BCUT2D eigenvalue weighted by Crippen LogP contribution is -2.32. The predicted molar refractivity (Wildman–Crippen MR) is 124 cm³/mol. The molecule has 5 rings (SSSR count). The summed E-state index contributed by atoms with van der Waals surface area (Å²) in [4.78, 5) is 38.8. The summed E-state index contributed by atoms with van der Waals surface area (Å²) in [6.45, 7) is 0.543. The van der Waals surface area contributed by atoms with Gasteiger partial charge in [0.2, 0.25) is 5.89 Å². The van der Waals surface area contributed by atoms with Crippen LogP contribution >= 0.6 is 11.6 Å². The minimum Gasteiger partial charge on any atom is -0.443 e. The molecule has 0 aliphatic carbocycles. The van der Waals surface area contributed by atoms with Crippen LogP contribution in [0.2, 0.25) is 5.02 Å². The van der Waals surface area contributed by atoms with Crippen molar-refractivity contribution < 1.29 is 9.21 Å². The summed E-state index contributed by atoms with van der Waals surface area (Å²) in [5.74, 6) is 1.21.